The average Bonchev–Trinajstić information content (AvgIpc) is 3.20. The molecule has 1 aromatic heterocycles. The Morgan fingerprint density at radius 1 is 1.60 bits per heavy atom. The Morgan fingerprint density at radius 3 is 2.95 bits per heavy atom. The van der Waals surface area contributed by atoms with Crippen LogP contribution in [0, 0.1) is 0 Å². The fourth-order valence-electron chi connectivity index (χ4n) is 1.98. The van der Waals surface area contributed by atoms with E-state index in [0.717, 1.165) is 24.2 Å². The van der Waals surface area contributed by atoms with Crippen LogP contribution in [0.2, 0.25) is 0 Å². The van der Waals surface area contributed by atoms with E-state index in [1.54, 1.807) is 6.20 Å². The highest BCUT2D eigenvalue weighted by atomic mass is 16.5. The molecule has 0 atom stereocenters. The molecule has 1 aliphatic rings. The minimum Gasteiger partial charge on any atom is -0.361 e. The van der Waals surface area contributed by atoms with Crippen LogP contribution in [0.1, 0.15) is 37.0 Å². The van der Waals surface area contributed by atoms with Gasteiger partial charge in [0.15, 0.2) is 0 Å². The zero-order valence-electron chi connectivity index (χ0n) is 11.6. The predicted molar refractivity (Wildman–Crippen MR) is 72.8 cm³/mol. The van der Waals surface area contributed by atoms with E-state index in [2.05, 4.69) is 17.1 Å². The molecule has 6 heteroatoms. The second kappa shape index (κ2) is 6.36. The number of hydrogen-bond donors (Lipinski definition) is 1. The lowest BCUT2D eigenvalue weighted by Crippen LogP contribution is -2.39. The third-order valence-corrected chi connectivity index (χ3v) is 3.30. The van der Waals surface area contributed by atoms with Crippen LogP contribution in [0.4, 0.5) is 0 Å². The molecule has 0 unspecified atom stereocenters. The highest BCUT2D eigenvalue weighted by Crippen LogP contribution is 2.41. The number of nitrogens with zero attached hydrogens (tertiary/aromatic N) is 2. The third kappa shape index (κ3) is 3.46. The van der Waals surface area contributed by atoms with Crippen molar-refractivity contribution in [2.24, 2.45) is 0 Å². The second-order valence-electron chi connectivity index (χ2n) is 4.82. The summed E-state index contributed by atoms with van der Waals surface area (Å²) in [4.78, 5) is 24.7. The summed E-state index contributed by atoms with van der Waals surface area (Å²) in [5.74, 6) is 0.884. The van der Waals surface area contributed by atoms with E-state index in [4.69, 9.17) is 4.52 Å². The molecule has 0 saturated heterocycles. The molecule has 0 radical (unpaired) electrons. The van der Waals surface area contributed by atoms with Crippen molar-refractivity contribution in [2.45, 2.75) is 32.2 Å². The summed E-state index contributed by atoms with van der Waals surface area (Å²) < 4.78 is 5.20. The summed E-state index contributed by atoms with van der Waals surface area (Å²) in [7, 11) is 0. The molecule has 1 aromatic rings. The molecule has 2 rings (SSSR count). The van der Waals surface area contributed by atoms with E-state index in [-0.39, 0.29) is 18.4 Å². The summed E-state index contributed by atoms with van der Waals surface area (Å²) in [6.07, 6.45) is 5.09. The van der Waals surface area contributed by atoms with E-state index >= 15 is 0 Å². The molecule has 6 nitrogen and oxygen atoms in total. The molecular weight excluding hydrogens is 258 g/mol. The Hall–Kier alpha value is -2.11. The van der Waals surface area contributed by atoms with Crippen LogP contribution in [-0.4, -0.2) is 35.0 Å². The number of carbonyl (C=O) groups is 2. The van der Waals surface area contributed by atoms with Crippen molar-refractivity contribution in [1.82, 2.24) is 15.4 Å². The molecule has 2 amide bonds. The van der Waals surface area contributed by atoms with Gasteiger partial charge in [-0.05, 0) is 25.8 Å². The van der Waals surface area contributed by atoms with Crippen molar-refractivity contribution < 1.29 is 14.1 Å². The van der Waals surface area contributed by atoms with Gasteiger partial charge in [-0.15, -0.1) is 0 Å². The zero-order chi connectivity index (χ0) is 14.5. The zero-order valence-corrected chi connectivity index (χ0v) is 11.6. The summed E-state index contributed by atoms with van der Waals surface area (Å²) in [6.45, 7) is 6.12. The number of hydrogen-bond acceptors (Lipinski definition) is 4. The summed E-state index contributed by atoms with van der Waals surface area (Å²) >= 11 is 0. The second-order valence-corrected chi connectivity index (χ2v) is 4.82. The predicted octanol–water partition coefficient (Wildman–Crippen LogP) is 1.20. The van der Waals surface area contributed by atoms with Crippen LogP contribution in [0.5, 0.6) is 0 Å². The summed E-state index contributed by atoms with van der Waals surface area (Å²) in [5.41, 5.74) is 0.916. The summed E-state index contributed by atoms with van der Waals surface area (Å²) in [6, 6.07) is 0. The standard InChI is InChI=1S/C14H19N3O3/c1-3-13(19)17(4-2)9-12(18)15-7-11-8-16-20-14(11)10-5-6-10/h3,8,10H,1,4-7,9H2,2H3,(H,15,18). The van der Waals surface area contributed by atoms with Gasteiger partial charge < -0.3 is 14.7 Å². The molecule has 1 N–H and O–H groups in total. The van der Waals surface area contributed by atoms with Crippen LogP contribution in [0.3, 0.4) is 0 Å². The minimum absolute atomic E-state index is 0.0331. The molecule has 0 aliphatic heterocycles. The topological polar surface area (TPSA) is 75.4 Å². The molecule has 0 spiro atoms. The fourth-order valence-corrected chi connectivity index (χ4v) is 1.98. The lowest BCUT2D eigenvalue weighted by atomic mass is 10.2. The highest BCUT2D eigenvalue weighted by molar-refractivity contribution is 5.90. The lowest BCUT2D eigenvalue weighted by Gasteiger charge is -2.18. The average molecular weight is 277 g/mol. The minimum atomic E-state index is -0.244. The Balaban J connectivity index is 1.83. The van der Waals surface area contributed by atoms with Crippen molar-refractivity contribution >= 4 is 11.8 Å². The smallest absolute Gasteiger partial charge is 0.246 e. The van der Waals surface area contributed by atoms with Gasteiger partial charge in [-0.25, -0.2) is 0 Å². The monoisotopic (exact) mass is 277 g/mol. The molecule has 20 heavy (non-hydrogen) atoms. The van der Waals surface area contributed by atoms with Gasteiger partial charge in [0.25, 0.3) is 0 Å². The van der Waals surface area contributed by atoms with Crippen molar-refractivity contribution in [3.63, 3.8) is 0 Å². The Bertz CT molecular complexity index is 506. The van der Waals surface area contributed by atoms with Gasteiger partial charge in [0.2, 0.25) is 11.8 Å². The number of likely N-dealkylation sites (N-methyl/N-ethyl adjacent to an activating group) is 1. The van der Waals surface area contributed by atoms with Gasteiger partial charge in [0.05, 0.1) is 12.7 Å². The molecule has 1 saturated carbocycles. The molecule has 108 valence electrons. The molecule has 1 heterocycles. The van der Waals surface area contributed by atoms with E-state index < -0.39 is 0 Å². The van der Waals surface area contributed by atoms with Gasteiger partial charge in [-0.2, -0.15) is 0 Å². The first-order valence-electron chi connectivity index (χ1n) is 6.77. The quantitative estimate of drug-likeness (QED) is 0.760. The Morgan fingerprint density at radius 2 is 2.35 bits per heavy atom. The number of amides is 2. The van der Waals surface area contributed by atoms with Gasteiger partial charge >= 0.3 is 0 Å². The molecule has 0 bridgehead atoms. The molecular formula is C14H19N3O3. The SMILES string of the molecule is C=CC(=O)N(CC)CC(=O)NCc1cnoc1C1CC1. The number of carbonyl (C=O) groups excluding carboxylic acids is 2. The van der Waals surface area contributed by atoms with Crippen LogP contribution < -0.4 is 5.32 Å². The van der Waals surface area contributed by atoms with Crippen LogP contribution in [-0.2, 0) is 16.1 Å². The van der Waals surface area contributed by atoms with Crippen molar-refractivity contribution in [2.75, 3.05) is 13.1 Å². The van der Waals surface area contributed by atoms with E-state index in [1.165, 1.54) is 11.0 Å². The molecule has 1 fully saturated rings. The van der Waals surface area contributed by atoms with E-state index in [9.17, 15) is 9.59 Å². The van der Waals surface area contributed by atoms with Gasteiger partial charge in [-0.1, -0.05) is 11.7 Å². The summed E-state index contributed by atoms with van der Waals surface area (Å²) in [5, 5.41) is 6.56. The maximum absolute atomic E-state index is 11.8. The first kappa shape index (κ1) is 14.3. The lowest BCUT2D eigenvalue weighted by molar-refractivity contribution is -0.132. The van der Waals surface area contributed by atoms with Crippen LogP contribution in [0.25, 0.3) is 0 Å². The first-order chi connectivity index (χ1) is 9.65. The number of rotatable bonds is 7. The van der Waals surface area contributed by atoms with E-state index in [1.807, 2.05) is 6.92 Å². The highest BCUT2D eigenvalue weighted by Gasteiger charge is 2.30. The van der Waals surface area contributed by atoms with Crippen LogP contribution >= 0.6 is 0 Å². The number of nitrogens with one attached hydrogen (secondary N) is 1. The Labute approximate surface area is 117 Å². The molecule has 1 aliphatic carbocycles. The normalized spacial score (nSPS) is 13.8. The van der Waals surface area contributed by atoms with Gasteiger partial charge in [0.1, 0.15) is 5.76 Å². The van der Waals surface area contributed by atoms with Gasteiger partial charge in [0, 0.05) is 24.6 Å². The largest absolute Gasteiger partial charge is 0.361 e. The third-order valence-electron chi connectivity index (χ3n) is 3.30. The first-order valence-corrected chi connectivity index (χ1v) is 6.77. The Kier molecular flexibility index (Phi) is 4.55. The van der Waals surface area contributed by atoms with Crippen molar-refractivity contribution in [1.29, 1.82) is 0 Å². The number of aromatic nitrogens is 1. The maximum atomic E-state index is 11.8. The van der Waals surface area contributed by atoms with E-state index in [0.29, 0.717) is 19.0 Å². The van der Waals surface area contributed by atoms with Crippen molar-refractivity contribution in [3.05, 3.63) is 30.2 Å². The molecule has 0 aromatic carbocycles. The van der Waals surface area contributed by atoms with Gasteiger partial charge in [-0.3, -0.25) is 9.59 Å². The maximum Gasteiger partial charge on any atom is 0.246 e. The van der Waals surface area contributed by atoms with Crippen molar-refractivity contribution in [3.8, 4) is 0 Å². The fraction of sp³-hybridized carbons (Fsp3) is 0.500. The van der Waals surface area contributed by atoms with Crippen LogP contribution in [0.15, 0.2) is 23.4 Å².